The summed E-state index contributed by atoms with van der Waals surface area (Å²) in [5.74, 6) is -0.269. The van der Waals surface area contributed by atoms with E-state index in [0.717, 1.165) is 6.54 Å². The molecule has 1 aliphatic heterocycles. The van der Waals surface area contributed by atoms with Crippen LogP contribution in [-0.2, 0) is 4.74 Å². The van der Waals surface area contributed by atoms with E-state index in [0.29, 0.717) is 12.1 Å². The number of nitrogens with one attached hydrogen (secondary N) is 1. The lowest BCUT2D eigenvalue weighted by atomic mass is 10.2. The largest absolute Gasteiger partial charge is 0.453 e. The van der Waals surface area contributed by atoms with Crippen LogP contribution in [0.1, 0.15) is 10.4 Å². The van der Waals surface area contributed by atoms with E-state index >= 15 is 0 Å². The predicted octanol–water partition coefficient (Wildman–Crippen LogP) is 1.37. The van der Waals surface area contributed by atoms with Crippen molar-refractivity contribution in [3.05, 3.63) is 48.0 Å². The first kappa shape index (κ1) is 9.93. The average molecular weight is 203 g/mol. The van der Waals surface area contributed by atoms with Crippen molar-refractivity contribution in [2.24, 2.45) is 0 Å². The van der Waals surface area contributed by atoms with Crippen LogP contribution in [0.4, 0.5) is 0 Å². The summed E-state index contributed by atoms with van der Waals surface area (Å²) >= 11 is 0. The van der Waals surface area contributed by atoms with Crippen LogP contribution in [0.5, 0.6) is 0 Å². The molecule has 0 saturated heterocycles. The summed E-state index contributed by atoms with van der Waals surface area (Å²) in [6.07, 6.45) is 3.73. The van der Waals surface area contributed by atoms with Crippen LogP contribution in [0, 0.1) is 0 Å². The van der Waals surface area contributed by atoms with E-state index in [2.05, 4.69) is 5.32 Å². The van der Waals surface area contributed by atoms with Gasteiger partial charge in [-0.15, -0.1) is 0 Å². The zero-order chi connectivity index (χ0) is 10.5. The molecule has 0 amide bonds. The molecule has 1 heterocycles. The zero-order valence-electron chi connectivity index (χ0n) is 8.35. The number of carbonyl (C=O) groups excluding carboxylic acids is 1. The summed E-state index contributed by atoms with van der Waals surface area (Å²) in [5.41, 5.74) is 0.594. The first-order valence-corrected chi connectivity index (χ1v) is 4.99. The van der Waals surface area contributed by atoms with E-state index < -0.39 is 0 Å². The van der Waals surface area contributed by atoms with Crippen molar-refractivity contribution < 1.29 is 9.53 Å². The van der Waals surface area contributed by atoms with Crippen molar-refractivity contribution in [2.75, 3.05) is 13.1 Å². The first-order valence-electron chi connectivity index (χ1n) is 4.99. The lowest BCUT2D eigenvalue weighted by Gasteiger charge is -2.17. The summed E-state index contributed by atoms with van der Waals surface area (Å²) in [5, 5.41) is 3.13. The molecule has 0 aliphatic carbocycles. The molecule has 1 aromatic carbocycles. The molecule has 1 aromatic rings. The van der Waals surface area contributed by atoms with Gasteiger partial charge in [0.25, 0.3) is 0 Å². The van der Waals surface area contributed by atoms with Crippen LogP contribution >= 0.6 is 0 Å². The van der Waals surface area contributed by atoms with Gasteiger partial charge in [-0.1, -0.05) is 24.3 Å². The topological polar surface area (TPSA) is 38.3 Å². The second-order valence-electron chi connectivity index (χ2n) is 3.40. The molecule has 1 N–H and O–H groups in total. The Bertz CT molecular complexity index is 359. The summed E-state index contributed by atoms with van der Waals surface area (Å²) < 4.78 is 5.29. The van der Waals surface area contributed by atoms with Gasteiger partial charge in [-0.05, 0) is 18.2 Å². The molecule has 78 valence electrons. The highest BCUT2D eigenvalue weighted by atomic mass is 16.5. The number of benzene rings is 1. The molecule has 1 unspecified atom stereocenters. The maximum absolute atomic E-state index is 11.6. The van der Waals surface area contributed by atoms with Gasteiger partial charge in [0.15, 0.2) is 0 Å². The van der Waals surface area contributed by atoms with Crippen LogP contribution in [-0.4, -0.2) is 25.2 Å². The molecule has 0 bridgehead atoms. The van der Waals surface area contributed by atoms with Gasteiger partial charge in [0.1, 0.15) is 6.10 Å². The Morgan fingerprint density at radius 2 is 2.13 bits per heavy atom. The molecule has 0 aromatic heterocycles. The van der Waals surface area contributed by atoms with Crippen LogP contribution in [0.2, 0.25) is 0 Å². The van der Waals surface area contributed by atoms with E-state index in [9.17, 15) is 4.79 Å². The lowest BCUT2D eigenvalue weighted by Crippen LogP contribution is -2.33. The molecular weight excluding hydrogens is 190 g/mol. The van der Waals surface area contributed by atoms with Crippen molar-refractivity contribution >= 4 is 5.97 Å². The van der Waals surface area contributed by atoms with E-state index in [-0.39, 0.29) is 12.1 Å². The van der Waals surface area contributed by atoms with Crippen LogP contribution in [0.3, 0.4) is 0 Å². The Balaban J connectivity index is 1.98. The van der Waals surface area contributed by atoms with Gasteiger partial charge < -0.3 is 10.1 Å². The second-order valence-corrected chi connectivity index (χ2v) is 3.40. The minimum absolute atomic E-state index is 0.147. The van der Waals surface area contributed by atoms with Gasteiger partial charge >= 0.3 is 5.97 Å². The zero-order valence-corrected chi connectivity index (χ0v) is 8.35. The fourth-order valence-corrected chi connectivity index (χ4v) is 1.46. The van der Waals surface area contributed by atoms with Gasteiger partial charge in [0, 0.05) is 13.1 Å². The second kappa shape index (κ2) is 4.75. The van der Waals surface area contributed by atoms with Crippen molar-refractivity contribution in [1.29, 1.82) is 0 Å². The molecule has 0 fully saturated rings. The summed E-state index contributed by atoms with van der Waals surface area (Å²) in [4.78, 5) is 11.6. The van der Waals surface area contributed by atoms with Crippen molar-refractivity contribution in [1.82, 2.24) is 5.32 Å². The first-order chi connectivity index (χ1) is 7.36. The maximum Gasteiger partial charge on any atom is 0.338 e. The Kier molecular flexibility index (Phi) is 3.15. The average Bonchev–Trinajstić information content (AvgIpc) is 2.31. The van der Waals surface area contributed by atoms with Gasteiger partial charge in [0.2, 0.25) is 0 Å². The van der Waals surface area contributed by atoms with Crippen LogP contribution in [0.25, 0.3) is 0 Å². The molecule has 15 heavy (non-hydrogen) atoms. The van der Waals surface area contributed by atoms with Crippen molar-refractivity contribution in [3.8, 4) is 0 Å². The summed E-state index contributed by atoms with van der Waals surface area (Å²) in [6.45, 7) is 1.54. The third-order valence-electron chi connectivity index (χ3n) is 2.23. The normalized spacial score (nSPS) is 19.9. The smallest absolute Gasteiger partial charge is 0.338 e. The van der Waals surface area contributed by atoms with Crippen LogP contribution in [0.15, 0.2) is 42.5 Å². The van der Waals surface area contributed by atoms with Gasteiger partial charge in [-0.2, -0.15) is 0 Å². The van der Waals surface area contributed by atoms with E-state index in [1.807, 2.05) is 30.4 Å². The van der Waals surface area contributed by atoms with Crippen molar-refractivity contribution in [3.63, 3.8) is 0 Å². The number of hydrogen-bond donors (Lipinski definition) is 1. The molecular formula is C12H13NO2. The Hall–Kier alpha value is -1.61. The molecule has 0 radical (unpaired) electrons. The maximum atomic E-state index is 11.6. The molecule has 1 aliphatic rings. The fraction of sp³-hybridized carbons (Fsp3) is 0.250. The quantitative estimate of drug-likeness (QED) is 0.582. The Morgan fingerprint density at radius 3 is 2.80 bits per heavy atom. The Morgan fingerprint density at radius 1 is 1.33 bits per heavy atom. The third kappa shape index (κ3) is 2.67. The highest BCUT2D eigenvalue weighted by Crippen LogP contribution is 2.05. The predicted molar refractivity (Wildman–Crippen MR) is 57.7 cm³/mol. The number of rotatable bonds is 2. The van der Waals surface area contributed by atoms with E-state index in [4.69, 9.17) is 4.74 Å². The molecule has 1 atom stereocenters. The minimum atomic E-state index is -0.269. The number of ether oxygens (including phenoxy) is 1. The monoisotopic (exact) mass is 203 g/mol. The summed E-state index contributed by atoms with van der Waals surface area (Å²) in [6, 6.07) is 9.03. The van der Waals surface area contributed by atoms with Gasteiger partial charge in [-0.25, -0.2) is 4.79 Å². The van der Waals surface area contributed by atoms with Crippen molar-refractivity contribution in [2.45, 2.75) is 6.10 Å². The number of hydrogen-bond acceptors (Lipinski definition) is 3. The lowest BCUT2D eigenvalue weighted by molar-refractivity contribution is 0.0390. The van der Waals surface area contributed by atoms with E-state index in [1.165, 1.54) is 0 Å². The highest BCUT2D eigenvalue weighted by molar-refractivity contribution is 5.89. The third-order valence-corrected chi connectivity index (χ3v) is 2.23. The Labute approximate surface area is 88.8 Å². The molecule has 0 spiro atoms. The fourth-order valence-electron chi connectivity index (χ4n) is 1.46. The SMILES string of the molecule is O=C(OC1C=CCNC1)c1ccccc1. The number of esters is 1. The highest BCUT2D eigenvalue weighted by Gasteiger charge is 2.14. The summed E-state index contributed by atoms with van der Waals surface area (Å²) in [7, 11) is 0. The van der Waals surface area contributed by atoms with E-state index in [1.54, 1.807) is 12.1 Å². The number of carbonyl (C=O) groups is 1. The van der Waals surface area contributed by atoms with Gasteiger partial charge in [-0.3, -0.25) is 0 Å². The standard InChI is InChI=1S/C12H13NO2/c14-12(10-5-2-1-3-6-10)15-11-7-4-8-13-9-11/h1-7,11,13H,8-9H2. The van der Waals surface area contributed by atoms with Crippen LogP contribution < -0.4 is 5.32 Å². The molecule has 3 nitrogen and oxygen atoms in total. The van der Waals surface area contributed by atoms with Gasteiger partial charge in [0.05, 0.1) is 5.56 Å². The minimum Gasteiger partial charge on any atom is -0.453 e. The molecule has 0 saturated carbocycles. The molecule has 3 heteroatoms. The molecule has 2 rings (SSSR count).